The van der Waals surface area contributed by atoms with Gasteiger partial charge >= 0.3 is 5.97 Å². The number of ether oxygens (including phenoxy) is 2. The van der Waals surface area contributed by atoms with Crippen LogP contribution in [0.5, 0.6) is 11.5 Å². The maximum absolute atomic E-state index is 11.7. The Morgan fingerprint density at radius 3 is 2.81 bits per heavy atom. The highest BCUT2D eigenvalue weighted by Crippen LogP contribution is 2.41. The molecule has 0 bridgehead atoms. The number of carbonyl (C=O) groups is 1. The van der Waals surface area contributed by atoms with E-state index in [-0.39, 0.29) is 6.04 Å². The second-order valence-corrected chi connectivity index (χ2v) is 7.87. The molecule has 2 aromatic rings. The third-order valence-corrected chi connectivity index (χ3v) is 5.86. The summed E-state index contributed by atoms with van der Waals surface area (Å²) in [6.45, 7) is 3.17. The third kappa shape index (κ3) is 3.82. The summed E-state index contributed by atoms with van der Waals surface area (Å²) in [4.78, 5) is 14.8. The van der Waals surface area contributed by atoms with Crippen LogP contribution in [0.25, 0.3) is 0 Å². The monoisotopic (exact) mass is 395 g/mol. The Morgan fingerprint density at radius 1 is 1.38 bits per heavy atom. The first-order chi connectivity index (χ1) is 12.5. The number of halogens is 1. The Kier molecular flexibility index (Phi) is 6.06. The summed E-state index contributed by atoms with van der Waals surface area (Å²) in [7, 11) is 1.61. The number of nitrogens with zero attached hydrogens (tertiary/aromatic N) is 1. The zero-order valence-corrected chi connectivity index (χ0v) is 16.3. The molecule has 140 valence electrons. The number of rotatable bonds is 7. The molecule has 0 aliphatic carbocycles. The van der Waals surface area contributed by atoms with E-state index in [1.807, 2.05) is 42.2 Å². The molecule has 1 fully saturated rings. The summed E-state index contributed by atoms with van der Waals surface area (Å²) in [5.74, 6) is 0.537. The van der Waals surface area contributed by atoms with E-state index in [2.05, 4.69) is 0 Å². The molecule has 2 atom stereocenters. The van der Waals surface area contributed by atoms with Crippen molar-refractivity contribution in [3.8, 4) is 11.5 Å². The third-order valence-electron chi connectivity index (χ3n) is 4.58. The number of aliphatic carboxylic acids is 1. The summed E-state index contributed by atoms with van der Waals surface area (Å²) in [6, 6.07) is 8.93. The quantitative estimate of drug-likeness (QED) is 0.750. The second-order valence-electron chi connectivity index (χ2n) is 6.12. The summed E-state index contributed by atoms with van der Waals surface area (Å²) < 4.78 is 11.8. The number of hydrogen-bond donors (Lipinski definition) is 1. The van der Waals surface area contributed by atoms with E-state index in [4.69, 9.17) is 21.1 Å². The van der Waals surface area contributed by atoms with Crippen molar-refractivity contribution in [3.05, 3.63) is 45.1 Å². The standard InChI is InChI=1S/C19H22ClNO4S/c1-3-25-15-11-12(6-7-14(15)24-2)18(16-8-9-17(20)26-16)21-10-4-5-13(21)19(22)23/h6-9,11,13,18H,3-5,10H2,1-2H3,(H,22,23). The van der Waals surface area contributed by atoms with E-state index >= 15 is 0 Å². The van der Waals surface area contributed by atoms with Crippen molar-refractivity contribution in [2.45, 2.75) is 31.8 Å². The molecule has 1 N–H and O–H groups in total. The predicted octanol–water partition coefficient (Wildman–Crippen LogP) is 4.45. The highest BCUT2D eigenvalue weighted by molar-refractivity contribution is 7.16. The molecule has 1 aromatic carbocycles. The average Bonchev–Trinajstić information content (AvgIpc) is 3.26. The molecule has 1 aliphatic heterocycles. The lowest BCUT2D eigenvalue weighted by atomic mass is 10.0. The Hall–Kier alpha value is -1.76. The molecule has 7 heteroatoms. The Labute approximate surface area is 162 Å². The van der Waals surface area contributed by atoms with Gasteiger partial charge in [0.25, 0.3) is 0 Å². The first-order valence-electron chi connectivity index (χ1n) is 8.59. The number of likely N-dealkylation sites (tertiary alicyclic amines) is 1. The van der Waals surface area contributed by atoms with Crippen molar-refractivity contribution >= 4 is 28.9 Å². The van der Waals surface area contributed by atoms with Gasteiger partial charge in [-0.1, -0.05) is 17.7 Å². The van der Waals surface area contributed by atoms with Gasteiger partial charge in [-0.05, 0) is 49.6 Å². The summed E-state index contributed by atoms with van der Waals surface area (Å²) >= 11 is 7.64. The number of hydrogen-bond acceptors (Lipinski definition) is 5. The lowest BCUT2D eigenvalue weighted by Gasteiger charge is -2.31. The molecule has 1 saturated heterocycles. The van der Waals surface area contributed by atoms with Gasteiger partial charge in [-0.25, -0.2) is 0 Å². The van der Waals surface area contributed by atoms with Crippen molar-refractivity contribution in [2.24, 2.45) is 0 Å². The SMILES string of the molecule is CCOc1cc(C(c2ccc(Cl)s2)N2CCCC2C(=O)O)ccc1OC. The Bertz CT molecular complexity index is 779. The summed E-state index contributed by atoms with van der Waals surface area (Å²) in [6.07, 6.45) is 1.51. The van der Waals surface area contributed by atoms with Crippen LogP contribution < -0.4 is 9.47 Å². The van der Waals surface area contributed by atoms with E-state index in [1.165, 1.54) is 11.3 Å². The van der Waals surface area contributed by atoms with Gasteiger partial charge in [-0.15, -0.1) is 11.3 Å². The first kappa shape index (κ1) is 19.0. The van der Waals surface area contributed by atoms with Gasteiger partial charge in [0, 0.05) is 11.4 Å². The van der Waals surface area contributed by atoms with Crippen molar-refractivity contribution in [2.75, 3.05) is 20.3 Å². The van der Waals surface area contributed by atoms with Crippen molar-refractivity contribution in [1.82, 2.24) is 4.90 Å². The van der Waals surface area contributed by atoms with Crippen molar-refractivity contribution in [1.29, 1.82) is 0 Å². The minimum absolute atomic E-state index is 0.179. The van der Waals surface area contributed by atoms with Gasteiger partial charge in [-0.2, -0.15) is 0 Å². The van der Waals surface area contributed by atoms with E-state index in [1.54, 1.807) is 7.11 Å². The van der Waals surface area contributed by atoms with Crippen LogP contribution in [0, 0.1) is 0 Å². The minimum Gasteiger partial charge on any atom is -0.493 e. The van der Waals surface area contributed by atoms with Crippen LogP contribution in [0.3, 0.4) is 0 Å². The molecule has 2 unspecified atom stereocenters. The van der Waals surface area contributed by atoms with E-state index < -0.39 is 12.0 Å². The molecule has 1 aromatic heterocycles. The molecule has 5 nitrogen and oxygen atoms in total. The van der Waals surface area contributed by atoms with E-state index in [0.717, 1.165) is 23.4 Å². The van der Waals surface area contributed by atoms with Gasteiger partial charge < -0.3 is 14.6 Å². The van der Waals surface area contributed by atoms with E-state index in [9.17, 15) is 9.90 Å². The zero-order chi connectivity index (χ0) is 18.7. The fourth-order valence-electron chi connectivity index (χ4n) is 3.49. The normalized spacial score (nSPS) is 18.7. The molecular weight excluding hydrogens is 374 g/mol. The Balaban J connectivity index is 2.06. The highest BCUT2D eigenvalue weighted by atomic mass is 35.5. The molecule has 1 aliphatic rings. The van der Waals surface area contributed by atoms with Crippen LogP contribution in [0.15, 0.2) is 30.3 Å². The van der Waals surface area contributed by atoms with Crippen LogP contribution in [-0.2, 0) is 4.79 Å². The zero-order valence-electron chi connectivity index (χ0n) is 14.8. The maximum Gasteiger partial charge on any atom is 0.320 e. The van der Waals surface area contributed by atoms with Gasteiger partial charge in [0.15, 0.2) is 11.5 Å². The molecule has 0 spiro atoms. The Morgan fingerprint density at radius 2 is 2.19 bits per heavy atom. The number of methoxy groups -OCH3 is 1. The molecule has 26 heavy (non-hydrogen) atoms. The maximum atomic E-state index is 11.7. The lowest BCUT2D eigenvalue weighted by Crippen LogP contribution is -2.39. The first-order valence-corrected chi connectivity index (χ1v) is 9.79. The van der Waals surface area contributed by atoms with Crippen molar-refractivity contribution in [3.63, 3.8) is 0 Å². The van der Waals surface area contributed by atoms with Gasteiger partial charge in [-0.3, -0.25) is 9.69 Å². The number of thiophene rings is 1. The molecule has 0 saturated carbocycles. The fraction of sp³-hybridized carbons (Fsp3) is 0.421. The largest absolute Gasteiger partial charge is 0.493 e. The molecule has 3 rings (SSSR count). The molecule has 2 heterocycles. The van der Waals surface area contributed by atoms with Gasteiger partial charge in [0.2, 0.25) is 0 Å². The van der Waals surface area contributed by atoms with Crippen LogP contribution in [0.2, 0.25) is 4.34 Å². The van der Waals surface area contributed by atoms with Crippen LogP contribution in [0.1, 0.15) is 36.2 Å². The van der Waals surface area contributed by atoms with Gasteiger partial charge in [0.1, 0.15) is 6.04 Å². The van der Waals surface area contributed by atoms with Crippen LogP contribution >= 0.6 is 22.9 Å². The predicted molar refractivity (Wildman–Crippen MR) is 103 cm³/mol. The lowest BCUT2D eigenvalue weighted by molar-refractivity contribution is -0.142. The smallest absolute Gasteiger partial charge is 0.320 e. The topological polar surface area (TPSA) is 59.0 Å². The molecule has 0 radical (unpaired) electrons. The summed E-state index contributed by atoms with van der Waals surface area (Å²) in [5.41, 5.74) is 0.973. The fourth-order valence-corrected chi connectivity index (χ4v) is 4.70. The number of benzene rings is 1. The van der Waals surface area contributed by atoms with Crippen LogP contribution in [0.4, 0.5) is 0 Å². The second kappa shape index (κ2) is 8.29. The average molecular weight is 396 g/mol. The molecular formula is C19H22ClNO4S. The van der Waals surface area contributed by atoms with Crippen molar-refractivity contribution < 1.29 is 19.4 Å². The minimum atomic E-state index is -0.784. The van der Waals surface area contributed by atoms with E-state index in [0.29, 0.717) is 28.9 Å². The summed E-state index contributed by atoms with van der Waals surface area (Å²) in [5, 5.41) is 9.64. The van der Waals surface area contributed by atoms with Crippen LogP contribution in [-0.4, -0.2) is 42.3 Å². The number of carboxylic acid groups (broad SMARTS) is 1. The molecule has 0 amide bonds. The highest BCUT2D eigenvalue weighted by Gasteiger charge is 2.37. The van der Waals surface area contributed by atoms with Gasteiger partial charge in [0.05, 0.1) is 24.1 Å². The number of carboxylic acids is 1.